The van der Waals surface area contributed by atoms with Crippen molar-refractivity contribution in [3.8, 4) is 0 Å². The number of likely N-dealkylation sites (N-methyl/N-ethyl adjacent to an activating group) is 1. The van der Waals surface area contributed by atoms with Crippen LogP contribution in [-0.2, 0) is 22.6 Å². The van der Waals surface area contributed by atoms with Crippen molar-refractivity contribution in [3.63, 3.8) is 0 Å². The molecule has 28 heavy (non-hydrogen) atoms. The first kappa shape index (κ1) is 18.8. The lowest BCUT2D eigenvalue weighted by Gasteiger charge is -2.25. The molecule has 0 aliphatic carbocycles. The molecule has 146 valence electrons. The Bertz CT molecular complexity index is 930. The first-order chi connectivity index (χ1) is 13.4. The zero-order valence-electron chi connectivity index (χ0n) is 16.1. The Morgan fingerprint density at radius 2 is 2.04 bits per heavy atom. The lowest BCUT2D eigenvalue weighted by molar-refractivity contribution is -0.128. The number of carbonyl (C=O) groups is 2. The van der Waals surface area contributed by atoms with E-state index in [4.69, 9.17) is 11.6 Å². The zero-order chi connectivity index (χ0) is 19.8. The first-order valence-corrected chi connectivity index (χ1v) is 9.93. The molecule has 1 fully saturated rings. The van der Waals surface area contributed by atoms with Gasteiger partial charge in [-0.05, 0) is 41.3 Å². The number of rotatable bonds is 4. The van der Waals surface area contributed by atoms with Crippen LogP contribution in [0.25, 0.3) is 0 Å². The SMILES string of the molecule is CN1CCc2cc(CNC(=O)C3CC(=O)N(C)C3c3cccc(Cl)c3)ccc21. The minimum atomic E-state index is -0.420. The standard InChI is InChI=1S/C22H24ClN3O2/c1-25-9-8-15-10-14(6-7-19(15)25)13-24-22(28)18-12-20(27)26(2)21(18)16-4-3-5-17(23)11-16/h3-7,10-11,18,21H,8-9,12-13H2,1-2H3,(H,24,28). The molecule has 0 bridgehead atoms. The molecule has 2 atom stereocenters. The molecule has 1 N–H and O–H groups in total. The third-order valence-electron chi connectivity index (χ3n) is 5.85. The largest absolute Gasteiger partial charge is 0.374 e. The van der Waals surface area contributed by atoms with E-state index in [1.54, 1.807) is 18.0 Å². The minimum absolute atomic E-state index is 0.0225. The van der Waals surface area contributed by atoms with Gasteiger partial charge in [0.2, 0.25) is 11.8 Å². The van der Waals surface area contributed by atoms with Crippen molar-refractivity contribution in [2.75, 3.05) is 25.5 Å². The number of benzene rings is 2. The number of hydrogen-bond acceptors (Lipinski definition) is 3. The molecule has 2 unspecified atom stereocenters. The molecule has 2 aromatic carbocycles. The van der Waals surface area contributed by atoms with Crippen molar-refractivity contribution in [2.24, 2.45) is 5.92 Å². The van der Waals surface area contributed by atoms with Crippen molar-refractivity contribution in [2.45, 2.75) is 25.4 Å². The van der Waals surface area contributed by atoms with Crippen molar-refractivity contribution in [1.29, 1.82) is 0 Å². The Labute approximate surface area is 170 Å². The molecule has 0 radical (unpaired) electrons. The highest BCUT2D eigenvalue weighted by atomic mass is 35.5. The highest BCUT2D eigenvalue weighted by molar-refractivity contribution is 6.30. The molecule has 2 heterocycles. The summed E-state index contributed by atoms with van der Waals surface area (Å²) in [6.45, 7) is 1.50. The van der Waals surface area contributed by atoms with Crippen LogP contribution in [-0.4, -0.2) is 37.4 Å². The van der Waals surface area contributed by atoms with Crippen LogP contribution in [0.3, 0.4) is 0 Å². The maximum Gasteiger partial charge on any atom is 0.226 e. The van der Waals surface area contributed by atoms with Crippen LogP contribution < -0.4 is 10.2 Å². The summed E-state index contributed by atoms with van der Waals surface area (Å²) in [5.41, 5.74) is 4.56. The zero-order valence-corrected chi connectivity index (χ0v) is 16.9. The molecule has 6 heteroatoms. The molecule has 2 amide bonds. The van der Waals surface area contributed by atoms with Gasteiger partial charge in [0.05, 0.1) is 12.0 Å². The van der Waals surface area contributed by atoms with Gasteiger partial charge < -0.3 is 15.1 Å². The van der Waals surface area contributed by atoms with E-state index in [1.807, 2.05) is 18.2 Å². The molecular weight excluding hydrogens is 374 g/mol. The average Bonchev–Trinajstić information content (AvgIpc) is 3.19. The number of fused-ring (bicyclic) bond motifs is 1. The monoisotopic (exact) mass is 397 g/mol. The van der Waals surface area contributed by atoms with Crippen LogP contribution in [0.15, 0.2) is 42.5 Å². The lowest BCUT2D eigenvalue weighted by atomic mass is 9.93. The maximum atomic E-state index is 12.9. The molecule has 0 aromatic heterocycles. The molecule has 2 aromatic rings. The van der Waals surface area contributed by atoms with Crippen molar-refractivity contribution in [1.82, 2.24) is 10.2 Å². The van der Waals surface area contributed by atoms with Crippen LogP contribution in [0.1, 0.15) is 29.2 Å². The second-order valence-corrected chi connectivity index (χ2v) is 8.10. The van der Waals surface area contributed by atoms with Crippen molar-refractivity contribution in [3.05, 3.63) is 64.2 Å². The third-order valence-corrected chi connectivity index (χ3v) is 6.09. The van der Waals surface area contributed by atoms with Crippen LogP contribution in [0.4, 0.5) is 5.69 Å². The molecule has 5 nitrogen and oxygen atoms in total. The Balaban J connectivity index is 1.48. The molecule has 2 aliphatic heterocycles. The second-order valence-electron chi connectivity index (χ2n) is 7.67. The van der Waals surface area contributed by atoms with Crippen molar-refractivity contribution < 1.29 is 9.59 Å². The van der Waals surface area contributed by atoms with Gasteiger partial charge >= 0.3 is 0 Å². The van der Waals surface area contributed by atoms with Gasteiger partial charge in [0.25, 0.3) is 0 Å². The van der Waals surface area contributed by atoms with E-state index < -0.39 is 5.92 Å². The molecule has 0 saturated carbocycles. The molecule has 4 rings (SSSR count). The van der Waals surface area contributed by atoms with Crippen LogP contribution >= 0.6 is 11.6 Å². The third kappa shape index (κ3) is 3.47. The number of amides is 2. The minimum Gasteiger partial charge on any atom is -0.374 e. The average molecular weight is 398 g/mol. The summed E-state index contributed by atoms with van der Waals surface area (Å²) in [4.78, 5) is 29.1. The van der Waals surface area contributed by atoms with E-state index >= 15 is 0 Å². The number of anilines is 1. The lowest BCUT2D eigenvalue weighted by Crippen LogP contribution is -2.34. The van der Waals surface area contributed by atoms with Gasteiger partial charge in [0.1, 0.15) is 0 Å². The quantitative estimate of drug-likeness (QED) is 0.862. The van der Waals surface area contributed by atoms with E-state index in [9.17, 15) is 9.59 Å². The van der Waals surface area contributed by atoms with Crippen LogP contribution in [0.2, 0.25) is 5.02 Å². The number of nitrogens with zero attached hydrogens (tertiary/aromatic N) is 2. The summed E-state index contributed by atoms with van der Waals surface area (Å²) in [5, 5.41) is 3.64. The summed E-state index contributed by atoms with van der Waals surface area (Å²) >= 11 is 6.13. The van der Waals surface area contributed by atoms with Gasteiger partial charge in [-0.15, -0.1) is 0 Å². The number of nitrogens with one attached hydrogen (secondary N) is 1. The Kier molecular flexibility index (Phi) is 5.02. The van der Waals surface area contributed by atoms with Gasteiger partial charge in [-0.25, -0.2) is 0 Å². The molecule has 0 spiro atoms. The van der Waals surface area contributed by atoms with E-state index in [1.165, 1.54) is 11.3 Å². The first-order valence-electron chi connectivity index (χ1n) is 9.56. The van der Waals surface area contributed by atoms with Gasteiger partial charge in [0.15, 0.2) is 0 Å². The maximum absolute atomic E-state index is 12.9. The van der Waals surface area contributed by atoms with Gasteiger partial charge in [-0.1, -0.05) is 35.9 Å². The van der Waals surface area contributed by atoms with Gasteiger partial charge in [-0.3, -0.25) is 9.59 Å². The normalized spacial score (nSPS) is 21.2. The Morgan fingerprint density at radius 3 is 2.82 bits per heavy atom. The molecule has 2 aliphatic rings. The van der Waals surface area contributed by atoms with Crippen molar-refractivity contribution >= 4 is 29.1 Å². The van der Waals surface area contributed by atoms with E-state index in [2.05, 4.69) is 35.5 Å². The molecular formula is C22H24ClN3O2. The van der Waals surface area contributed by atoms with E-state index in [0.717, 1.165) is 24.1 Å². The highest BCUT2D eigenvalue weighted by Gasteiger charge is 2.42. The summed E-state index contributed by atoms with van der Waals surface area (Å²) in [6, 6.07) is 13.4. The predicted octanol–water partition coefficient (Wildman–Crippen LogP) is 3.17. The Hall–Kier alpha value is -2.53. The summed E-state index contributed by atoms with van der Waals surface area (Å²) in [7, 11) is 3.84. The number of carbonyl (C=O) groups excluding carboxylic acids is 2. The topological polar surface area (TPSA) is 52.7 Å². The fourth-order valence-electron chi connectivity index (χ4n) is 4.30. The second kappa shape index (κ2) is 7.47. The highest BCUT2D eigenvalue weighted by Crippen LogP contribution is 2.38. The summed E-state index contributed by atoms with van der Waals surface area (Å²) < 4.78 is 0. The Morgan fingerprint density at radius 1 is 1.21 bits per heavy atom. The van der Waals surface area contributed by atoms with E-state index in [0.29, 0.717) is 11.6 Å². The number of likely N-dealkylation sites (tertiary alicyclic amines) is 1. The van der Waals surface area contributed by atoms with Gasteiger partial charge in [0, 0.05) is 44.3 Å². The summed E-state index contributed by atoms with van der Waals surface area (Å²) in [5.74, 6) is -0.539. The predicted molar refractivity (Wildman–Crippen MR) is 110 cm³/mol. The number of hydrogen-bond donors (Lipinski definition) is 1. The smallest absolute Gasteiger partial charge is 0.226 e. The fraction of sp³-hybridized carbons (Fsp3) is 0.364. The summed E-state index contributed by atoms with van der Waals surface area (Å²) in [6.07, 6.45) is 1.25. The molecule has 1 saturated heterocycles. The van der Waals surface area contributed by atoms with Crippen LogP contribution in [0.5, 0.6) is 0 Å². The fourth-order valence-corrected chi connectivity index (χ4v) is 4.50. The van der Waals surface area contributed by atoms with Crippen LogP contribution in [0, 0.1) is 5.92 Å². The van der Waals surface area contributed by atoms with Gasteiger partial charge in [-0.2, -0.15) is 0 Å². The van der Waals surface area contributed by atoms with E-state index in [-0.39, 0.29) is 24.3 Å². The number of halogens is 1.